The molecule has 37 heavy (non-hydrogen) atoms. The van der Waals surface area contributed by atoms with Gasteiger partial charge in [-0.25, -0.2) is 4.39 Å². The number of aliphatic hydroxyl groups is 1. The molecule has 0 spiro atoms. The van der Waals surface area contributed by atoms with Crippen molar-refractivity contribution in [2.24, 2.45) is 23.7 Å². The molecule has 2 aliphatic rings. The molecular formula is C31H51FO4Si. The minimum Gasteiger partial charge on any atom is -0.494 e. The number of benzene rings is 1. The zero-order valence-electron chi connectivity index (χ0n) is 24.0. The van der Waals surface area contributed by atoms with Crippen LogP contribution in [0.25, 0.3) is 0 Å². The van der Waals surface area contributed by atoms with Crippen LogP contribution in [-0.4, -0.2) is 37.5 Å². The highest BCUT2D eigenvalue weighted by Gasteiger charge is 2.51. The zero-order chi connectivity index (χ0) is 27.2. The van der Waals surface area contributed by atoms with Crippen molar-refractivity contribution in [2.45, 2.75) is 116 Å². The molecule has 1 aromatic rings. The highest BCUT2D eigenvalue weighted by molar-refractivity contribution is 6.89. The molecule has 0 aromatic heterocycles. The number of carboxylic acid groups (broad SMARTS) is 1. The smallest absolute Gasteiger partial charge is 0.314 e. The molecule has 0 aliphatic heterocycles. The Morgan fingerprint density at radius 2 is 1.78 bits per heavy atom. The molecule has 0 amide bonds. The fraction of sp³-hybridized carbons (Fsp3) is 0.774. The quantitative estimate of drug-likeness (QED) is 0.277. The van der Waals surface area contributed by atoms with Crippen molar-refractivity contribution in [3.05, 3.63) is 23.5 Å². The molecule has 1 aromatic carbocycles. The van der Waals surface area contributed by atoms with Gasteiger partial charge in [-0.3, -0.25) is 4.79 Å². The van der Waals surface area contributed by atoms with Gasteiger partial charge >= 0.3 is 5.97 Å². The van der Waals surface area contributed by atoms with Crippen LogP contribution in [0, 0.1) is 29.5 Å². The Labute approximate surface area is 225 Å². The lowest BCUT2D eigenvalue weighted by Gasteiger charge is -2.45. The molecule has 6 heteroatoms. The minimum atomic E-state index is -2.18. The molecule has 2 fully saturated rings. The van der Waals surface area contributed by atoms with Crippen molar-refractivity contribution in [1.29, 1.82) is 0 Å². The molecule has 0 heterocycles. The van der Waals surface area contributed by atoms with Crippen LogP contribution in [0.15, 0.2) is 12.1 Å². The summed E-state index contributed by atoms with van der Waals surface area (Å²) in [4.78, 5) is 13.3. The first kappa shape index (κ1) is 30.1. The van der Waals surface area contributed by atoms with E-state index >= 15 is 4.39 Å². The normalized spacial score (nSPS) is 26.5. The second-order valence-electron chi connectivity index (χ2n) is 12.8. The van der Waals surface area contributed by atoms with E-state index in [0.29, 0.717) is 41.4 Å². The standard InChI is InChI=1S/C31H51FO4Si/c1-6-10-22-13-15-23(16-14-22)24-11-8-12-25(21-24)31(30(34)35,19-9-20-33)26-17-18-27(36-7-2)29(28(26)32)37(3,4)5/h17-18,22-25,33H,6-16,19-21H2,1-5H3,(H,34,35). The van der Waals surface area contributed by atoms with E-state index in [1.165, 1.54) is 38.5 Å². The minimum absolute atomic E-state index is 0.0911. The molecule has 0 saturated heterocycles. The van der Waals surface area contributed by atoms with Crippen molar-refractivity contribution < 1.29 is 24.1 Å². The predicted octanol–water partition coefficient (Wildman–Crippen LogP) is 7.28. The largest absolute Gasteiger partial charge is 0.494 e. The van der Waals surface area contributed by atoms with Gasteiger partial charge in [-0.05, 0) is 75.2 Å². The average Bonchev–Trinajstić information content (AvgIpc) is 2.85. The Morgan fingerprint density at radius 1 is 1.08 bits per heavy atom. The summed E-state index contributed by atoms with van der Waals surface area (Å²) in [7, 11) is -2.18. The van der Waals surface area contributed by atoms with Gasteiger partial charge in [-0.1, -0.05) is 71.2 Å². The van der Waals surface area contributed by atoms with Gasteiger partial charge in [0, 0.05) is 17.4 Å². The molecule has 2 N–H and O–H groups in total. The highest BCUT2D eigenvalue weighted by atomic mass is 28.3. The number of ether oxygens (including phenoxy) is 1. The molecule has 210 valence electrons. The summed E-state index contributed by atoms with van der Waals surface area (Å²) in [5.41, 5.74) is -1.02. The molecule has 0 radical (unpaired) electrons. The van der Waals surface area contributed by atoms with E-state index in [1.54, 1.807) is 12.1 Å². The van der Waals surface area contributed by atoms with Gasteiger partial charge in [0.25, 0.3) is 0 Å². The third-order valence-corrected chi connectivity index (χ3v) is 11.4. The van der Waals surface area contributed by atoms with Crippen LogP contribution in [0.3, 0.4) is 0 Å². The molecule has 2 aliphatic carbocycles. The van der Waals surface area contributed by atoms with Crippen LogP contribution >= 0.6 is 0 Å². The molecule has 2 saturated carbocycles. The second-order valence-corrected chi connectivity index (χ2v) is 17.8. The second kappa shape index (κ2) is 13.1. The number of carboxylic acids is 1. The number of aliphatic hydroxyl groups excluding tert-OH is 1. The fourth-order valence-electron chi connectivity index (χ4n) is 7.65. The van der Waals surface area contributed by atoms with E-state index in [1.807, 2.05) is 6.92 Å². The lowest BCUT2D eigenvalue weighted by molar-refractivity contribution is -0.148. The lowest BCUT2D eigenvalue weighted by atomic mass is 9.58. The van der Waals surface area contributed by atoms with Crippen molar-refractivity contribution in [3.8, 4) is 5.75 Å². The fourth-order valence-corrected chi connectivity index (χ4v) is 9.34. The molecule has 0 bridgehead atoms. The number of carbonyl (C=O) groups is 1. The summed E-state index contributed by atoms with van der Waals surface area (Å²) >= 11 is 0. The summed E-state index contributed by atoms with van der Waals surface area (Å²) < 4.78 is 22.4. The topological polar surface area (TPSA) is 66.8 Å². The van der Waals surface area contributed by atoms with Gasteiger partial charge in [-0.15, -0.1) is 0 Å². The van der Waals surface area contributed by atoms with E-state index in [-0.39, 0.29) is 24.8 Å². The van der Waals surface area contributed by atoms with Crippen LogP contribution in [0.2, 0.25) is 19.6 Å². The van der Waals surface area contributed by atoms with Crippen LogP contribution in [-0.2, 0) is 10.2 Å². The summed E-state index contributed by atoms with van der Waals surface area (Å²) in [5.74, 6) is 1.11. The first-order chi connectivity index (χ1) is 17.6. The van der Waals surface area contributed by atoms with E-state index in [4.69, 9.17) is 4.74 Å². The van der Waals surface area contributed by atoms with Gasteiger partial charge in [0.15, 0.2) is 0 Å². The SMILES string of the molecule is CCCC1CCC(C2CCCC(C(CCCO)(C(=O)O)c3ccc(OCC)c([Si](C)(C)C)c3F)C2)CC1. The first-order valence-corrected chi connectivity index (χ1v) is 18.4. The van der Waals surface area contributed by atoms with Crippen molar-refractivity contribution >= 4 is 19.2 Å². The van der Waals surface area contributed by atoms with E-state index in [0.717, 1.165) is 31.6 Å². The Balaban J connectivity index is 2.02. The maximum Gasteiger partial charge on any atom is 0.314 e. The number of rotatable bonds is 12. The average molecular weight is 535 g/mol. The van der Waals surface area contributed by atoms with Gasteiger partial charge in [0.1, 0.15) is 11.6 Å². The molecule has 3 unspecified atom stereocenters. The van der Waals surface area contributed by atoms with E-state index in [2.05, 4.69) is 26.6 Å². The summed E-state index contributed by atoms with van der Waals surface area (Å²) in [5, 5.41) is 21.2. The number of hydrogen-bond acceptors (Lipinski definition) is 3. The van der Waals surface area contributed by atoms with E-state index in [9.17, 15) is 15.0 Å². The highest BCUT2D eigenvalue weighted by Crippen LogP contribution is 2.50. The van der Waals surface area contributed by atoms with Crippen LogP contribution in [0.1, 0.15) is 96.5 Å². The van der Waals surface area contributed by atoms with Crippen LogP contribution < -0.4 is 9.92 Å². The van der Waals surface area contributed by atoms with Crippen molar-refractivity contribution in [3.63, 3.8) is 0 Å². The van der Waals surface area contributed by atoms with Crippen molar-refractivity contribution in [1.82, 2.24) is 0 Å². The monoisotopic (exact) mass is 534 g/mol. The van der Waals surface area contributed by atoms with Gasteiger partial charge in [0.05, 0.1) is 20.1 Å². The Morgan fingerprint density at radius 3 is 2.35 bits per heavy atom. The number of hydrogen-bond donors (Lipinski definition) is 2. The molecule has 3 rings (SSSR count). The third-order valence-electron chi connectivity index (χ3n) is 9.41. The molecule has 4 nitrogen and oxygen atoms in total. The first-order valence-electron chi connectivity index (χ1n) is 14.9. The predicted molar refractivity (Wildman–Crippen MR) is 152 cm³/mol. The lowest BCUT2D eigenvalue weighted by Crippen LogP contribution is -2.49. The van der Waals surface area contributed by atoms with Crippen LogP contribution in [0.4, 0.5) is 4.39 Å². The summed E-state index contributed by atoms with van der Waals surface area (Å²) in [6.07, 6.45) is 12.1. The molecule has 3 atom stereocenters. The third kappa shape index (κ3) is 6.61. The Hall–Kier alpha value is -1.40. The number of halogens is 1. The Bertz CT molecular complexity index is 890. The maximum atomic E-state index is 16.6. The van der Waals surface area contributed by atoms with Gasteiger partial charge < -0.3 is 14.9 Å². The maximum absolute atomic E-state index is 16.6. The Kier molecular flexibility index (Phi) is 10.7. The van der Waals surface area contributed by atoms with Gasteiger partial charge in [-0.2, -0.15) is 0 Å². The van der Waals surface area contributed by atoms with Gasteiger partial charge in [0.2, 0.25) is 0 Å². The number of aliphatic carboxylic acids is 1. The van der Waals surface area contributed by atoms with Crippen molar-refractivity contribution in [2.75, 3.05) is 13.2 Å². The zero-order valence-corrected chi connectivity index (χ0v) is 25.0. The van der Waals surface area contributed by atoms with E-state index < -0.39 is 19.5 Å². The molecular weight excluding hydrogens is 483 g/mol. The summed E-state index contributed by atoms with van der Waals surface area (Å²) in [6.45, 7) is 10.8. The van der Waals surface area contributed by atoms with Crippen LogP contribution in [0.5, 0.6) is 5.75 Å². The summed E-state index contributed by atoms with van der Waals surface area (Å²) in [6, 6.07) is 3.50.